The molecular weight excluding hydrogens is 279 g/mol. The zero-order valence-electron chi connectivity index (χ0n) is 9.78. The second kappa shape index (κ2) is 5.35. The molecule has 0 amide bonds. The number of aliphatic hydroxyl groups excluding tert-OH is 1. The Morgan fingerprint density at radius 2 is 2.00 bits per heavy atom. The number of fused-ring (bicyclic) bond motifs is 1. The number of aliphatic hydroxyl groups is 1. The molecule has 19 heavy (non-hydrogen) atoms. The van der Waals surface area contributed by atoms with Gasteiger partial charge < -0.3 is 5.11 Å². The van der Waals surface area contributed by atoms with Crippen LogP contribution in [-0.2, 0) is 0 Å². The second-order valence-electron chi connectivity index (χ2n) is 4.21. The van der Waals surface area contributed by atoms with Crippen molar-refractivity contribution in [3.63, 3.8) is 0 Å². The van der Waals surface area contributed by atoms with Crippen molar-refractivity contribution in [2.75, 3.05) is 0 Å². The highest BCUT2D eigenvalue weighted by atomic mass is 35.5. The lowest BCUT2D eigenvalue weighted by Crippen LogP contribution is -2.10. The van der Waals surface area contributed by atoms with Gasteiger partial charge in [-0.05, 0) is 24.6 Å². The molecule has 1 aromatic carbocycles. The summed E-state index contributed by atoms with van der Waals surface area (Å²) in [4.78, 5) is 4.08. The smallest absolute Gasteiger partial charge is 0.388 e. The number of pyridine rings is 1. The first kappa shape index (κ1) is 14.1. The number of aromatic nitrogens is 1. The van der Waals surface area contributed by atoms with Gasteiger partial charge in [-0.3, -0.25) is 4.98 Å². The summed E-state index contributed by atoms with van der Waals surface area (Å²) in [5.41, 5.74) is 0.800. The van der Waals surface area contributed by atoms with Gasteiger partial charge in [-0.2, -0.15) is 13.2 Å². The van der Waals surface area contributed by atoms with E-state index in [1.165, 1.54) is 12.3 Å². The molecule has 1 aromatic heterocycles. The van der Waals surface area contributed by atoms with Crippen molar-refractivity contribution in [1.82, 2.24) is 4.98 Å². The lowest BCUT2D eigenvalue weighted by Gasteiger charge is -2.14. The summed E-state index contributed by atoms with van der Waals surface area (Å²) in [5.74, 6) is 0. The molecule has 0 aliphatic rings. The summed E-state index contributed by atoms with van der Waals surface area (Å²) in [6.45, 7) is 0. The van der Waals surface area contributed by atoms with Gasteiger partial charge in [0.15, 0.2) is 0 Å². The molecule has 2 rings (SSSR count). The number of alkyl halides is 3. The van der Waals surface area contributed by atoms with Gasteiger partial charge >= 0.3 is 6.18 Å². The van der Waals surface area contributed by atoms with E-state index in [9.17, 15) is 18.3 Å². The summed E-state index contributed by atoms with van der Waals surface area (Å²) < 4.78 is 36.5. The van der Waals surface area contributed by atoms with Crippen LogP contribution in [0.1, 0.15) is 24.5 Å². The highest BCUT2D eigenvalue weighted by Crippen LogP contribution is 2.32. The van der Waals surface area contributed by atoms with E-state index >= 15 is 0 Å². The normalized spacial score (nSPS) is 13.7. The summed E-state index contributed by atoms with van der Waals surface area (Å²) >= 11 is 5.98. The molecule has 1 atom stereocenters. The molecule has 1 N–H and O–H groups in total. The fraction of sp³-hybridized carbons (Fsp3) is 0.308. The van der Waals surface area contributed by atoms with Crippen LogP contribution < -0.4 is 0 Å². The SMILES string of the molecule is OC(CCC(F)(F)F)c1ccc(Cl)c2cccnc12. The molecule has 0 bridgehead atoms. The lowest BCUT2D eigenvalue weighted by molar-refractivity contribution is -0.140. The molecule has 1 unspecified atom stereocenters. The van der Waals surface area contributed by atoms with Gasteiger partial charge in [0.25, 0.3) is 0 Å². The van der Waals surface area contributed by atoms with Crippen LogP contribution in [0.5, 0.6) is 0 Å². The summed E-state index contributed by atoms with van der Waals surface area (Å²) in [7, 11) is 0. The van der Waals surface area contributed by atoms with Crippen LogP contribution in [0.3, 0.4) is 0 Å². The van der Waals surface area contributed by atoms with Crippen LogP contribution in [0.15, 0.2) is 30.5 Å². The van der Waals surface area contributed by atoms with E-state index in [1.807, 2.05) is 0 Å². The lowest BCUT2D eigenvalue weighted by atomic mass is 10.0. The predicted octanol–water partition coefficient (Wildman–Crippen LogP) is 4.26. The Labute approximate surface area is 112 Å². The van der Waals surface area contributed by atoms with Gasteiger partial charge in [0.1, 0.15) is 0 Å². The molecule has 0 fully saturated rings. The number of rotatable bonds is 3. The Bertz CT molecular complexity index is 586. The number of hydrogen-bond donors (Lipinski definition) is 1. The van der Waals surface area contributed by atoms with Gasteiger partial charge in [0, 0.05) is 28.6 Å². The van der Waals surface area contributed by atoms with Crippen LogP contribution in [0.25, 0.3) is 10.9 Å². The van der Waals surface area contributed by atoms with Crippen molar-refractivity contribution in [1.29, 1.82) is 0 Å². The van der Waals surface area contributed by atoms with Crippen molar-refractivity contribution in [3.05, 3.63) is 41.0 Å². The van der Waals surface area contributed by atoms with E-state index < -0.39 is 25.1 Å². The van der Waals surface area contributed by atoms with Crippen LogP contribution in [0, 0.1) is 0 Å². The van der Waals surface area contributed by atoms with E-state index in [4.69, 9.17) is 11.6 Å². The summed E-state index contributed by atoms with van der Waals surface area (Å²) in [6, 6.07) is 6.46. The fourth-order valence-corrected chi connectivity index (χ4v) is 2.10. The van der Waals surface area contributed by atoms with Crippen LogP contribution in [0.2, 0.25) is 5.02 Å². The van der Waals surface area contributed by atoms with E-state index in [-0.39, 0.29) is 0 Å². The van der Waals surface area contributed by atoms with Crippen molar-refractivity contribution < 1.29 is 18.3 Å². The maximum Gasteiger partial charge on any atom is 0.389 e. The molecule has 0 spiro atoms. The third-order valence-corrected chi connectivity index (χ3v) is 3.14. The topological polar surface area (TPSA) is 33.1 Å². The monoisotopic (exact) mass is 289 g/mol. The largest absolute Gasteiger partial charge is 0.389 e. The summed E-state index contributed by atoms with van der Waals surface area (Å²) in [5, 5.41) is 11.0. The number of hydrogen-bond acceptors (Lipinski definition) is 2. The Morgan fingerprint density at radius 3 is 2.68 bits per heavy atom. The van der Waals surface area contributed by atoms with Crippen molar-refractivity contribution in [2.24, 2.45) is 0 Å². The Kier molecular flexibility index (Phi) is 3.96. The number of nitrogens with zero attached hydrogens (tertiary/aromatic N) is 1. The highest BCUT2D eigenvalue weighted by molar-refractivity contribution is 6.35. The van der Waals surface area contributed by atoms with E-state index in [2.05, 4.69) is 4.98 Å². The molecule has 6 heteroatoms. The maximum atomic E-state index is 12.2. The average Bonchev–Trinajstić information content (AvgIpc) is 2.36. The standard InChI is InChI=1S/C13H11ClF3NO/c14-10-4-3-9(11(19)5-6-13(15,16)17)12-8(10)2-1-7-18-12/h1-4,7,11,19H,5-6H2. The first-order valence-electron chi connectivity index (χ1n) is 5.66. The van der Waals surface area contributed by atoms with E-state index in [1.54, 1.807) is 18.2 Å². The van der Waals surface area contributed by atoms with Gasteiger partial charge in [-0.15, -0.1) is 0 Å². The molecule has 0 aliphatic heterocycles. The van der Waals surface area contributed by atoms with Crippen molar-refractivity contribution in [3.8, 4) is 0 Å². The maximum absolute atomic E-state index is 12.2. The third kappa shape index (κ3) is 3.36. The van der Waals surface area contributed by atoms with Crippen LogP contribution in [0.4, 0.5) is 13.2 Å². The Balaban J connectivity index is 2.32. The first-order valence-corrected chi connectivity index (χ1v) is 6.04. The first-order chi connectivity index (χ1) is 8.88. The highest BCUT2D eigenvalue weighted by Gasteiger charge is 2.28. The van der Waals surface area contributed by atoms with Gasteiger partial charge in [-0.1, -0.05) is 17.7 Å². The zero-order valence-corrected chi connectivity index (χ0v) is 10.5. The molecule has 102 valence electrons. The minimum atomic E-state index is -4.28. The Hall–Kier alpha value is -1.33. The molecule has 2 nitrogen and oxygen atoms in total. The number of halogens is 4. The molecule has 0 radical (unpaired) electrons. The minimum absolute atomic E-state index is 0.365. The number of benzene rings is 1. The fourth-order valence-electron chi connectivity index (χ4n) is 1.88. The average molecular weight is 290 g/mol. The summed E-state index contributed by atoms with van der Waals surface area (Å²) in [6.07, 6.45) is -5.41. The quantitative estimate of drug-likeness (QED) is 0.915. The Morgan fingerprint density at radius 1 is 1.26 bits per heavy atom. The molecule has 1 heterocycles. The van der Waals surface area contributed by atoms with E-state index in [0.717, 1.165) is 0 Å². The minimum Gasteiger partial charge on any atom is -0.388 e. The van der Waals surface area contributed by atoms with Crippen LogP contribution >= 0.6 is 11.6 Å². The molecular formula is C13H11ClF3NO. The molecule has 0 saturated carbocycles. The molecule has 0 saturated heterocycles. The van der Waals surface area contributed by atoms with Crippen LogP contribution in [-0.4, -0.2) is 16.3 Å². The van der Waals surface area contributed by atoms with Gasteiger partial charge in [0.2, 0.25) is 0 Å². The second-order valence-corrected chi connectivity index (χ2v) is 4.61. The predicted molar refractivity (Wildman–Crippen MR) is 67.0 cm³/mol. The van der Waals surface area contributed by atoms with E-state index in [0.29, 0.717) is 21.5 Å². The van der Waals surface area contributed by atoms with Gasteiger partial charge in [0.05, 0.1) is 11.6 Å². The van der Waals surface area contributed by atoms with Gasteiger partial charge in [-0.25, -0.2) is 0 Å². The molecule has 2 aromatic rings. The zero-order chi connectivity index (χ0) is 14.0. The van der Waals surface area contributed by atoms with Crippen molar-refractivity contribution in [2.45, 2.75) is 25.1 Å². The molecule has 0 aliphatic carbocycles. The van der Waals surface area contributed by atoms with Crippen molar-refractivity contribution >= 4 is 22.5 Å². The third-order valence-electron chi connectivity index (χ3n) is 2.81.